The van der Waals surface area contributed by atoms with Crippen molar-refractivity contribution in [2.45, 2.75) is 62.8 Å². The minimum Gasteiger partial charge on any atom is -0.355 e. The molecule has 0 unspecified atom stereocenters. The lowest BCUT2D eigenvalue weighted by atomic mass is 9.89. The monoisotopic (exact) mass is 372 g/mol. The van der Waals surface area contributed by atoms with Gasteiger partial charge in [0.2, 0.25) is 11.1 Å². The zero-order valence-electron chi connectivity index (χ0n) is 15.6. The van der Waals surface area contributed by atoms with Crippen LogP contribution in [-0.4, -0.2) is 32.9 Å². The Bertz CT molecular complexity index is 707. The number of H-pyrrole nitrogens is 1. The highest BCUT2D eigenvalue weighted by Crippen LogP contribution is 2.25. The molecule has 1 amide bonds. The van der Waals surface area contributed by atoms with Crippen molar-refractivity contribution in [2.24, 2.45) is 5.92 Å². The molecule has 140 valence electrons. The van der Waals surface area contributed by atoms with Crippen molar-refractivity contribution < 1.29 is 4.79 Å². The molecule has 1 aromatic carbocycles. The Morgan fingerprint density at radius 2 is 2.00 bits per heavy atom. The first-order valence-electron chi connectivity index (χ1n) is 9.61. The highest BCUT2D eigenvalue weighted by molar-refractivity contribution is 8.00. The van der Waals surface area contributed by atoms with Gasteiger partial charge in [-0.25, -0.2) is 4.98 Å². The zero-order chi connectivity index (χ0) is 18.4. The Balaban J connectivity index is 1.51. The molecule has 0 bridgehead atoms. The lowest BCUT2D eigenvalue weighted by Crippen LogP contribution is -2.35. The van der Waals surface area contributed by atoms with Gasteiger partial charge >= 0.3 is 0 Å². The molecule has 1 heterocycles. The predicted molar refractivity (Wildman–Crippen MR) is 106 cm³/mol. The summed E-state index contributed by atoms with van der Waals surface area (Å²) in [6.45, 7) is 4.85. The fraction of sp³-hybridized carbons (Fsp3) is 0.550. The van der Waals surface area contributed by atoms with E-state index in [0.29, 0.717) is 11.1 Å². The molecule has 26 heavy (non-hydrogen) atoms. The van der Waals surface area contributed by atoms with Crippen molar-refractivity contribution in [1.29, 1.82) is 0 Å². The summed E-state index contributed by atoms with van der Waals surface area (Å²) < 4.78 is 0. The second kappa shape index (κ2) is 9.21. The van der Waals surface area contributed by atoms with Crippen molar-refractivity contribution >= 4 is 17.7 Å². The van der Waals surface area contributed by atoms with E-state index in [2.05, 4.69) is 39.6 Å². The fourth-order valence-corrected chi connectivity index (χ4v) is 4.07. The van der Waals surface area contributed by atoms with Gasteiger partial charge in [-0.1, -0.05) is 62.2 Å². The van der Waals surface area contributed by atoms with Gasteiger partial charge in [0, 0.05) is 12.1 Å². The largest absolute Gasteiger partial charge is 0.355 e. The smallest absolute Gasteiger partial charge is 0.233 e. The van der Waals surface area contributed by atoms with E-state index in [1.54, 1.807) is 0 Å². The summed E-state index contributed by atoms with van der Waals surface area (Å²) in [4.78, 5) is 16.9. The first-order chi connectivity index (χ1) is 12.7. The Kier molecular flexibility index (Phi) is 6.72. The molecule has 3 rings (SSSR count). The summed E-state index contributed by atoms with van der Waals surface area (Å²) in [5.41, 5.74) is 2.31. The quantitative estimate of drug-likeness (QED) is 0.714. The lowest BCUT2D eigenvalue weighted by Gasteiger charge is -2.22. The van der Waals surface area contributed by atoms with Crippen molar-refractivity contribution in [3.05, 3.63) is 29.8 Å². The van der Waals surface area contributed by atoms with Crippen LogP contribution in [0.1, 0.15) is 51.5 Å². The van der Waals surface area contributed by atoms with Crippen molar-refractivity contribution in [2.75, 3.05) is 6.54 Å². The van der Waals surface area contributed by atoms with Crippen LogP contribution in [0, 0.1) is 5.92 Å². The second-order valence-corrected chi connectivity index (χ2v) is 8.33. The average Bonchev–Trinajstić information content (AvgIpc) is 3.15. The zero-order valence-corrected chi connectivity index (χ0v) is 16.4. The number of rotatable bonds is 7. The van der Waals surface area contributed by atoms with Crippen LogP contribution >= 0.6 is 11.8 Å². The summed E-state index contributed by atoms with van der Waals surface area (Å²) in [7, 11) is 0. The molecule has 1 saturated carbocycles. The molecular formula is C20H28N4OS. The van der Waals surface area contributed by atoms with E-state index in [1.807, 2.05) is 19.1 Å². The summed E-state index contributed by atoms with van der Waals surface area (Å²) in [5, 5.41) is 10.7. The summed E-state index contributed by atoms with van der Waals surface area (Å²) in [5.74, 6) is 1.45. The van der Waals surface area contributed by atoms with Gasteiger partial charge < -0.3 is 5.32 Å². The third-order valence-corrected chi connectivity index (χ3v) is 6.00. The van der Waals surface area contributed by atoms with Crippen LogP contribution in [0.25, 0.3) is 11.4 Å². The van der Waals surface area contributed by atoms with Gasteiger partial charge in [0.1, 0.15) is 0 Å². The van der Waals surface area contributed by atoms with Gasteiger partial charge in [0.25, 0.3) is 0 Å². The molecule has 6 heteroatoms. The third kappa shape index (κ3) is 5.10. The van der Waals surface area contributed by atoms with Crippen LogP contribution in [0.5, 0.6) is 0 Å². The van der Waals surface area contributed by atoms with E-state index < -0.39 is 0 Å². The summed E-state index contributed by atoms with van der Waals surface area (Å²) in [6, 6.07) is 8.31. The summed E-state index contributed by atoms with van der Waals surface area (Å²) in [6.07, 6.45) is 7.43. The molecule has 2 aromatic rings. The van der Waals surface area contributed by atoms with Crippen LogP contribution in [0.4, 0.5) is 0 Å². The van der Waals surface area contributed by atoms with Gasteiger partial charge in [-0.15, -0.1) is 5.10 Å². The first kappa shape index (κ1) is 19.0. The van der Waals surface area contributed by atoms with Crippen LogP contribution in [-0.2, 0) is 11.2 Å². The number of aromatic amines is 1. The molecule has 1 aliphatic rings. The predicted octanol–water partition coefficient (Wildman–Crippen LogP) is 4.21. The minimum absolute atomic E-state index is 0.0687. The standard InChI is InChI=1S/C20H28N4OS/c1-3-15-9-11-17(12-10-15)18-22-20(24-23-18)26-14(2)19(25)21-13-16-7-5-4-6-8-16/h9-12,14,16H,3-8,13H2,1-2H3,(H,21,25)(H,22,23,24)/t14-/m1/s1. The van der Waals surface area contributed by atoms with Crippen LogP contribution < -0.4 is 5.32 Å². The summed E-state index contributed by atoms with van der Waals surface area (Å²) >= 11 is 1.40. The van der Waals surface area contributed by atoms with Gasteiger partial charge in [-0.3, -0.25) is 9.89 Å². The fourth-order valence-electron chi connectivity index (χ4n) is 3.32. The maximum Gasteiger partial charge on any atom is 0.233 e. The number of carbonyl (C=O) groups is 1. The van der Waals surface area contributed by atoms with Crippen LogP contribution in [0.2, 0.25) is 0 Å². The molecule has 1 fully saturated rings. The highest BCUT2D eigenvalue weighted by Gasteiger charge is 2.19. The topological polar surface area (TPSA) is 70.7 Å². The molecule has 0 radical (unpaired) electrons. The Morgan fingerprint density at radius 1 is 1.27 bits per heavy atom. The van der Waals surface area contributed by atoms with Crippen LogP contribution in [0.3, 0.4) is 0 Å². The number of aryl methyl sites for hydroxylation is 1. The first-order valence-corrected chi connectivity index (χ1v) is 10.5. The third-order valence-electron chi connectivity index (χ3n) is 5.04. The number of nitrogens with one attached hydrogen (secondary N) is 2. The number of hydrogen-bond acceptors (Lipinski definition) is 4. The van der Waals surface area contributed by atoms with Crippen molar-refractivity contribution in [3.8, 4) is 11.4 Å². The molecular weight excluding hydrogens is 344 g/mol. The van der Waals surface area contributed by atoms with Crippen molar-refractivity contribution in [1.82, 2.24) is 20.5 Å². The van der Waals surface area contributed by atoms with E-state index >= 15 is 0 Å². The normalized spacial score (nSPS) is 16.4. The van der Waals surface area contributed by atoms with E-state index in [1.165, 1.54) is 49.4 Å². The number of carbonyl (C=O) groups excluding carboxylic acids is 1. The van der Waals surface area contributed by atoms with Gasteiger partial charge in [0.05, 0.1) is 5.25 Å². The molecule has 1 aromatic heterocycles. The maximum atomic E-state index is 12.3. The Hall–Kier alpha value is -1.82. The minimum atomic E-state index is -0.204. The van der Waals surface area contributed by atoms with E-state index in [4.69, 9.17) is 0 Å². The Morgan fingerprint density at radius 3 is 2.69 bits per heavy atom. The number of nitrogens with zero attached hydrogens (tertiary/aromatic N) is 2. The molecule has 0 saturated heterocycles. The number of amides is 1. The number of benzene rings is 1. The lowest BCUT2D eigenvalue weighted by molar-refractivity contribution is -0.120. The van der Waals surface area contributed by atoms with Gasteiger partial charge in [0.15, 0.2) is 5.82 Å². The molecule has 1 atom stereocenters. The Labute approximate surface area is 159 Å². The van der Waals surface area contributed by atoms with Gasteiger partial charge in [-0.05, 0) is 37.7 Å². The SMILES string of the molecule is CCc1ccc(-c2nc(S[C@H](C)C(=O)NCC3CCCCC3)n[nH]2)cc1. The number of hydrogen-bond donors (Lipinski definition) is 2. The molecule has 0 spiro atoms. The van der Waals surface area contributed by atoms with Crippen LogP contribution in [0.15, 0.2) is 29.4 Å². The van der Waals surface area contributed by atoms with Crippen molar-refractivity contribution in [3.63, 3.8) is 0 Å². The molecule has 2 N–H and O–H groups in total. The van der Waals surface area contributed by atoms with E-state index in [0.717, 1.165) is 24.4 Å². The maximum absolute atomic E-state index is 12.3. The average molecular weight is 373 g/mol. The van der Waals surface area contributed by atoms with E-state index in [-0.39, 0.29) is 11.2 Å². The molecule has 0 aliphatic heterocycles. The number of thioether (sulfide) groups is 1. The molecule has 5 nitrogen and oxygen atoms in total. The van der Waals surface area contributed by atoms with E-state index in [9.17, 15) is 4.79 Å². The highest BCUT2D eigenvalue weighted by atomic mass is 32.2. The second-order valence-electron chi connectivity index (χ2n) is 7.03. The molecule has 1 aliphatic carbocycles. The van der Waals surface area contributed by atoms with Gasteiger partial charge in [-0.2, -0.15) is 0 Å². The number of aromatic nitrogens is 3.